The Bertz CT molecular complexity index is 1450. The van der Waals surface area contributed by atoms with Gasteiger partial charge in [-0.1, -0.05) is 39.7 Å². The van der Waals surface area contributed by atoms with Crippen LogP contribution in [0.5, 0.6) is 11.5 Å². The molecule has 0 unspecified atom stereocenters. The van der Waals surface area contributed by atoms with Crippen LogP contribution < -0.4 is 9.47 Å². The molecule has 7 heteroatoms. The minimum atomic E-state index is -0.661. The Labute approximate surface area is 196 Å². The van der Waals surface area contributed by atoms with Gasteiger partial charge in [-0.2, -0.15) is 0 Å². The number of aryl methyl sites for hydroxylation is 1. The molecular formula is C25H14BrClO5. The largest absolute Gasteiger partial charge is 0.452 e. The maximum absolute atomic E-state index is 12.9. The summed E-state index contributed by atoms with van der Waals surface area (Å²) < 4.78 is 17.7. The first kappa shape index (κ1) is 20.5. The Balaban J connectivity index is 1.42. The predicted molar refractivity (Wildman–Crippen MR) is 124 cm³/mol. The van der Waals surface area contributed by atoms with Gasteiger partial charge < -0.3 is 13.9 Å². The van der Waals surface area contributed by atoms with Crippen molar-refractivity contribution in [3.8, 4) is 11.5 Å². The van der Waals surface area contributed by atoms with Crippen molar-refractivity contribution in [2.24, 2.45) is 0 Å². The Morgan fingerprint density at radius 1 is 1.09 bits per heavy atom. The molecule has 0 aliphatic carbocycles. The number of carbonyl (C=O) groups is 2. The highest BCUT2D eigenvalue weighted by atomic mass is 79.9. The van der Waals surface area contributed by atoms with Crippen molar-refractivity contribution < 1.29 is 23.5 Å². The van der Waals surface area contributed by atoms with E-state index in [1.54, 1.807) is 43.3 Å². The second-order valence-electron chi connectivity index (χ2n) is 7.29. The molecule has 0 N–H and O–H groups in total. The van der Waals surface area contributed by atoms with Gasteiger partial charge in [-0.15, -0.1) is 0 Å². The van der Waals surface area contributed by atoms with Crippen LogP contribution >= 0.6 is 27.5 Å². The highest BCUT2D eigenvalue weighted by Crippen LogP contribution is 2.38. The van der Waals surface area contributed by atoms with E-state index >= 15 is 0 Å². The van der Waals surface area contributed by atoms with Crippen LogP contribution in [0.15, 0.2) is 75.3 Å². The summed E-state index contributed by atoms with van der Waals surface area (Å²) in [4.78, 5) is 25.5. The lowest BCUT2D eigenvalue weighted by atomic mass is 10.0. The number of hydrogen-bond acceptors (Lipinski definition) is 5. The van der Waals surface area contributed by atoms with Gasteiger partial charge in [0, 0.05) is 20.9 Å². The van der Waals surface area contributed by atoms with E-state index in [9.17, 15) is 9.59 Å². The average Bonchev–Trinajstić information content (AvgIpc) is 3.29. The zero-order valence-electron chi connectivity index (χ0n) is 16.6. The molecule has 0 atom stereocenters. The van der Waals surface area contributed by atoms with Gasteiger partial charge in [-0.05, 0) is 66.6 Å². The van der Waals surface area contributed by atoms with Crippen LogP contribution in [0.1, 0.15) is 32.0 Å². The molecule has 0 fully saturated rings. The van der Waals surface area contributed by atoms with Crippen molar-refractivity contribution in [2.45, 2.75) is 6.92 Å². The summed E-state index contributed by atoms with van der Waals surface area (Å²) in [5, 5.41) is 1.24. The van der Waals surface area contributed by atoms with E-state index in [1.165, 1.54) is 6.07 Å². The average molecular weight is 510 g/mol. The number of hydrogen-bond donors (Lipinski definition) is 0. The molecule has 5 nitrogen and oxygen atoms in total. The Morgan fingerprint density at radius 3 is 2.75 bits per heavy atom. The minimum absolute atomic E-state index is 0.0488. The van der Waals surface area contributed by atoms with Gasteiger partial charge in [-0.25, -0.2) is 4.79 Å². The number of furan rings is 1. The molecule has 5 rings (SSSR count). The van der Waals surface area contributed by atoms with Gasteiger partial charge in [0.25, 0.3) is 0 Å². The van der Waals surface area contributed by atoms with Crippen LogP contribution in [0.3, 0.4) is 0 Å². The summed E-state index contributed by atoms with van der Waals surface area (Å²) in [5.41, 5.74) is 2.45. The highest BCUT2D eigenvalue weighted by molar-refractivity contribution is 9.10. The van der Waals surface area contributed by atoms with Crippen molar-refractivity contribution >= 4 is 56.3 Å². The highest BCUT2D eigenvalue weighted by Gasteiger charge is 2.30. The van der Waals surface area contributed by atoms with E-state index in [0.29, 0.717) is 32.9 Å². The van der Waals surface area contributed by atoms with E-state index in [1.807, 2.05) is 24.3 Å². The van der Waals surface area contributed by atoms with Crippen molar-refractivity contribution in [1.82, 2.24) is 0 Å². The molecule has 0 saturated carbocycles. The molecule has 3 aromatic carbocycles. The van der Waals surface area contributed by atoms with Gasteiger partial charge in [0.2, 0.25) is 11.5 Å². The van der Waals surface area contributed by atoms with Crippen LogP contribution in [-0.4, -0.2) is 11.8 Å². The number of benzene rings is 3. The smallest absolute Gasteiger partial charge is 0.379 e. The number of fused-ring (bicyclic) bond motifs is 2. The summed E-state index contributed by atoms with van der Waals surface area (Å²) in [6.45, 7) is 1.77. The Morgan fingerprint density at radius 2 is 1.94 bits per heavy atom. The van der Waals surface area contributed by atoms with Gasteiger partial charge in [0.15, 0.2) is 5.76 Å². The first-order chi connectivity index (χ1) is 15.4. The number of carbonyl (C=O) groups excluding carboxylic acids is 2. The fourth-order valence-electron chi connectivity index (χ4n) is 3.56. The molecule has 1 aromatic heterocycles. The normalized spacial score (nSPS) is 14.0. The summed E-state index contributed by atoms with van der Waals surface area (Å²) >= 11 is 9.40. The lowest BCUT2D eigenvalue weighted by Gasteiger charge is -2.06. The molecule has 0 amide bonds. The number of allylic oxidation sites excluding steroid dienone is 1. The van der Waals surface area contributed by atoms with Crippen LogP contribution in [0.25, 0.3) is 17.0 Å². The third kappa shape index (κ3) is 3.83. The third-order valence-electron chi connectivity index (χ3n) is 4.98. The molecule has 158 valence electrons. The number of ketones is 1. The predicted octanol–water partition coefficient (Wildman–Crippen LogP) is 6.99. The summed E-state index contributed by atoms with van der Waals surface area (Å²) in [6, 6.07) is 17.3. The molecule has 2 heterocycles. The lowest BCUT2D eigenvalue weighted by Crippen LogP contribution is -2.07. The van der Waals surface area contributed by atoms with Gasteiger partial charge >= 0.3 is 5.97 Å². The van der Waals surface area contributed by atoms with Gasteiger partial charge in [-0.3, -0.25) is 4.79 Å². The number of halogens is 2. The fourth-order valence-corrected chi connectivity index (χ4v) is 4.15. The molecule has 0 saturated heterocycles. The fraction of sp³-hybridized carbons (Fsp3) is 0.0400. The van der Waals surface area contributed by atoms with Crippen LogP contribution in [0, 0.1) is 6.92 Å². The number of ether oxygens (including phenoxy) is 2. The van der Waals surface area contributed by atoms with Gasteiger partial charge in [0.05, 0.1) is 5.56 Å². The summed E-state index contributed by atoms with van der Waals surface area (Å²) in [5.74, 6) is -0.0291. The van der Waals surface area contributed by atoms with Crippen LogP contribution in [-0.2, 0) is 0 Å². The number of rotatable bonds is 3. The van der Waals surface area contributed by atoms with E-state index in [-0.39, 0.29) is 23.1 Å². The molecule has 1 aliphatic rings. The summed E-state index contributed by atoms with van der Waals surface area (Å²) in [7, 11) is 0. The monoisotopic (exact) mass is 508 g/mol. The Hall–Kier alpha value is -3.35. The molecule has 4 aromatic rings. The maximum Gasteiger partial charge on any atom is 0.379 e. The Kier molecular flexibility index (Phi) is 5.12. The first-order valence-corrected chi connectivity index (χ1v) is 10.8. The topological polar surface area (TPSA) is 65.7 Å². The van der Waals surface area contributed by atoms with Crippen molar-refractivity contribution in [2.75, 3.05) is 0 Å². The SMILES string of the molecule is Cc1cc(OC(=O)c2cc3cc(Cl)ccc3o2)cc2c1C(=O)/C(=C/c1cccc(Br)c1)O2. The van der Waals surface area contributed by atoms with E-state index < -0.39 is 5.97 Å². The zero-order valence-corrected chi connectivity index (χ0v) is 19.0. The van der Waals surface area contributed by atoms with E-state index in [4.69, 9.17) is 25.5 Å². The molecule has 0 bridgehead atoms. The van der Waals surface area contributed by atoms with Gasteiger partial charge in [0.1, 0.15) is 17.1 Å². The van der Waals surface area contributed by atoms with Crippen molar-refractivity contribution in [3.05, 3.63) is 98.4 Å². The molecular weight excluding hydrogens is 496 g/mol. The molecule has 0 radical (unpaired) electrons. The second-order valence-corrected chi connectivity index (χ2v) is 8.64. The maximum atomic E-state index is 12.9. The van der Waals surface area contributed by atoms with E-state index in [2.05, 4.69) is 15.9 Å². The van der Waals surface area contributed by atoms with E-state index in [0.717, 1.165) is 10.0 Å². The minimum Gasteiger partial charge on any atom is -0.452 e. The zero-order chi connectivity index (χ0) is 22.4. The second kappa shape index (κ2) is 7.97. The van der Waals surface area contributed by atoms with Crippen molar-refractivity contribution in [1.29, 1.82) is 0 Å². The molecule has 1 aliphatic heterocycles. The number of Topliss-reactive ketones (excluding diaryl/α,β-unsaturated/α-hetero) is 1. The first-order valence-electron chi connectivity index (χ1n) is 9.63. The van der Waals surface area contributed by atoms with Crippen LogP contribution in [0.4, 0.5) is 0 Å². The standard InChI is InChI=1S/C25H14BrClO5/c1-13-7-18(30-25(29)22-11-15-10-17(27)5-6-19(15)31-22)12-20-23(13)24(28)21(32-20)9-14-3-2-4-16(26)8-14/h2-12H,1H3/b21-9-. The number of esters is 1. The van der Waals surface area contributed by atoms with Crippen LogP contribution in [0.2, 0.25) is 5.02 Å². The third-order valence-corrected chi connectivity index (χ3v) is 5.71. The quantitative estimate of drug-likeness (QED) is 0.169. The van der Waals surface area contributed by atoms with Crippen molar-refractivity contribution in [3.63, 3.8) is 0 Å². The summed E-state index contributed by atoms with van der Waals surface area (Å²) in [6.07, 6.45) is 1.68. The molecule has 32 heavy (non-hydrogen) atoms. The molecule has 0 spiro atoms. The lowest BCUT2D eigenvalue weighted by molar-refractivity contribution is 0.0703.